The number of nitrogens with two attached hydrogens (primary N) is 1. The van der Waals surface area contributed by atoms with Crippen molar-refractivity contribution in [1.82, 2.24) is 0 Å². The number of benzene rings is 2. The van der Waals surface area contributed by atoms with Crippen LogP contribution >= 0.6 is 0 Å². The third kappa shape index (κ3) is 3.11. The second-order valence-corrected chi connectivity index (χ2v) is 4.49. The van der Waals surface area contributed by atoms with Gasteiger partial charge in [-0.3, -0.25) is 4.79 Å². The van der Waals surface area contributed by atoms with Crippen LogP contribution in [0.15, 0.2) is 47.6 Å². The van der Waals surface area contributed by atoms with Crippen molar-refractivity contribution in [3.05, 3.63) is 59.2 Å². The Morgan fingerprint density at radius 1 is 1.24 bits per heavy atom. The predicted octanol–water partition coefficient (Wildman–Crippen LogP) is 2.05. The number of nitrogens with one attached hydrogen (secondary N) is 1. The van der Waals surface area contributed by atoms with E-state index in [1.54, 1.807) is 37.3 Å². The number of nitrogens with zero attached hydrogens (tertiary/aromatic N) is 1. The summed E-state index contributed by atoms with van der Waals surface area (Å²) in [7, 11) is 0. The van der Waals surface area contributed by atoms with Gasteiger partial charge in [0, 0.05) is 11.1 Å². The minimum absolute atomic E-state index is 0.0900. The number of hydrogen-bond donors (Lipinski definition) is 4. The fourth-order valence-corrected chi connectivity index (χ4v) is 1.86. The minimum Gasteiger partial charge on any atom is -0.508 e. The number of anilines is 1. The Morgan fingerprint density at radius 3 is 2.62 bits per heavy atom. The monoisotopic (exact) mass is 285 g/mol. The number of phenols is 1. The van der Waals surface area contributed by atoms with Crippen molar-refractivity contribution in [3.63, 3.8) is 0 Å². The van der Waals surface area contributed by atoms with Gasteiger partial charge in [-0.2, -0.15) is 0 Å². The van der Waals surface area contributed by atoms with Crippen molar-refractivity contribution >= 4 is 17.4 Å². The summed E-state index contributed by atoms with van der Waals surface area (Å²) >= 11 is 0. The summed E-state index contributed by atoms with van der Waals surface area (Å²) in [5.74, 6) is -0.312. The minimum atomic E-state index is -0.351. The second-order valence-electron chi connectivity index (χ2n) is 4.49. The van der Waals surface area contributed by atoms with E-state index >= 15 is 0 Å². The van der Waals surface area contributed by atoms with Crippen LogP contribution in [0.2, 0.25) is 0 Å². The van der Waals surface area contributed by atoms with Crippen molar-refractivity contribution in [2.75, 3.05) is 5.32 Å². The molecule has 108 valence electrons. The molecule has 2 aromatic carbocycles. The molecular weight excluding hydrogens is 270 g/mol. The van der Waals surface area contributed by atoms with Gasteiger partial charge in [0.25, 0.3) is 5.91 Å². The Hall–Kier alpha value is -3.02. The highest BCUT2D eigenvalue weighted by molar-refractivity contribution is 6.09. The first-order chi connectivity index (χ1) is 10.0. The highest BCUT2D eigenvalue weighted by atomic mass is 16.4. The van der Waals surface area contributed by atoms with Gasteiger partial charge in [-0.05, 0) is 42.8 Å². The molecule has 0 unspecified atom stereocenters. The Labute approximate surface area is 121 Å². The van der Waals surface area contributed by atoms with Crippen LogP contribution in [-0.4, -0.2) is 22.1 Å². The molecule has 0 bridgehead atoms. The van der Waals surface area contributed by atoms with Crippen molar-refractivity contribution in [2.24, 2.45) is 10.9 Å². The number of aromatic hydroxyl groups is 1. The van der Waals surface area contributed by atoms with Gasteiger partial charge in [-0.25, -0.2) is 0 Å². The number of hydrogen-bond acceptors (Lipinski definition) is 4. The van der Waals surface area contributed by atoms with Crippen molar-refractivity contribution in [1.29, 1.82) is 0 Å². The van der Waals surface area contributed by atoms with E-state index in [1.807, 2.05) is 0 Å². The summed E-state index contributed by atoms with van der Waals surface area (Å²) < 4.78 is 0. The number of carbonyl (C=O) groups excluding carboxylic acids is 1. The number of carbonyl (C=O) groups is 1. The number of amides is 1. The second kappa shape index (κ2) is 5.96. The van der Waals surface area contributed by atoms with E-state index in [1.165, 1.54) is 12.1 Å². The fraction of sp³-hybridized carbons (Fsp3) is 0.0667. The molecular formula is C15H15N3O3. The maximum Gasteiger partial charge on any atom is 0.255 e. The molecule has 0 atom stereocenters. The molecule has 0 aromatic heterocycles. The zero-order chi connectivity index (χ0) is 15.4. The number of amidine groups is 1. The maximum absolute atomic E-state index is 12.2. The molecule has 0 saturated carbocycles. The number of para-hydroxylation sites is 1. The van der Waals surface area contributed by atoms with Crippen LogP contribution < -0.4 is 11.1 Å². The van der Waals surface area contributed by atoms with Crippen molar-refractivity contribution in [3.8, 4) is 5.75 Å². The van der Waals surface area contributed by atoms with E-state index in [4.69, 9.17) is 10.9 Å². The van der Waals surface area contributed by atoms with Crippen LogP contribution in [0.3, 0.4) is 0 Å². The van der Waals surface area contributed by atoms with E-state index in [0.717, 1.165) is 0 Å². The molecule has 2 aromatic rings. The van der Waals surface area contributed by atoms with Gasteiger partial charge >= 0.3 is 0 Å². The Balaban J connectivity index is 2.30. The highest BCUT2D eigenvalue weighted by Gasteiger charge is 2.12. The number of aryl methyl sites for hydroxylation is 1. The van der Waals surface area contributed by atoms with Gasteiger partial charge in [-0.15, -0.1) is 0 Å². The Bertz CT molecular complexity index is 711. The van der Waals surface area contributed by atoms with Gasteiger partial charge < -0.3 is 21.4 Å². The number of rotatable bonds is 3. The first-order valence-electron chi connectivity index (χ1n) is 6.21. The fourth-order valence-electron chi connectivity index (χ4n) is 1.86. The molecule has 0 saturated heterocycles. The zero-order valence-corrected chi connectivity index (χ0v) is 11.4. The summed E-state index contributed by atoms with van der Waals surface area (Å²) in [6, 6.07) is 11.3. The first kappa shape index (κ1) is 14.4. The summed E-state index contributed by atoms with van der Waals surface area (Å²) in [4.78, 5) is 12.2. The lowest BCUT2D eigenvalue weighted by Gasteiger charge is -2.10. The van der Waals surface area contributed by atoms with Gasteiger partial charge in [-0.1, -0.05) is 17.3 Å². The molecule has 0 aliphatic rings. The van der Waals surface area contributed by atoms with Gasteiger partial charge in [0.05, 0.1) is 5.69 Å². The van der Waals surface area contributed by atoms with Crippen molar-refractivity contribution < 1.29 is 15.1 Å². The predicted molar refractivity (Wildman–Crippen MR) is 79.7 cm³/mol. The highest BCUT2D eigenvalue weighted by Crippen LogP contribution is 2.19. The lowest BCUT2D eigenvalue weighted by Crippen LogP contribution is -2.19. The summed E-state index contributed by atoms with van der Waals surface area (Å²) in [6.45, 7) is 1.70. The standard InChI is InChI=1S/C15H15N3O3/c1-9-8-10(6-7-13(9)19)15(20)17-12-5-3-2-4-11(12)14(16)18-21/h2-8,19,21H,1H3,(H2,16,18)(H,17,20). The Kier molecular flexibility index (Phi) is 4.08. The number of oxime groups is 1. The lowest BCUT2D eigenvalue weighted by atomic mass is 10.1. The number of phenolic OH excluding ortho intramolecular Hbond substituents is 1. The molecule has 21 heavy (non-hydrogen) atoms. The van der Waals surface area contributed by atoms with Crippen molar-refractivity contribution in [2.45, 2.75) is 6.92 Å². The molecule has 0 spiro atoms. The SMILES string of the molecule is Cc1cc(C(=O)Nc2ccccc2/C(N)=N/O)ccc1O. The summed E-state index contributed by atoms with van der Waals surface area (Å²) in [5, 5.41) is 23.9. The molecule has 0 heterocycles. The average Bonchev–Trinajstić information content (AvgIpc) is 2.49. The smallest absolute Gasteiger partial charge is 0.255 e. The summed E-state index contributed by atoms with van der Waals surface area (Å²) in [5.41, 5.74) is 7.43. The molecule has 5 N–H and O–H groups in total. The molecule has 0 aliphatic carbocycles. The van der Waals surface area contributed by atoms with Gasteiger partial charge in [0.1, 0.15) is 5.75 Å². The van der Waals surface area contributed by atoms with Gasteiger partial charge in [0.15, 0.2) is 5.84 Å². The average molecular weight is 285 g/mol. The van der Waals surface area contributed by atoms with E-state index < -0.39 is 0 Å². The molecule has 6 heteroatoms. The molecule has 6 nitrogen and oxygen atoms in total. The molecule has 0 fully saturated rings. The summed E-state index contributed by atoms with van der Waals surface area (Å²) in [6.07, 6.45) is 0. The molecule has 1 amide bonds. The molecule has 0 radical (unpaired) electrons. The quantitative estimate of drug-likeness (QED) is 0.299. The van der Waals surface area contributed by atoms with Crippen LogP contribution in [0.25, 0.3) is 0 Å². The van der Waals surface area contributed by atoms with Gasteiger partial charge in [0.2, 0.25) is 0 Å². The lowest BCUT2D eigenvalue weighted by molar-refractivity contribution is 0.102. The van der Waals surface area contributed by atoms with E-state index in [9.17, 15) is 9.90 Å². The van der Waals surface area contributed by atoms with Crippen LogP contribution in [0.5, 0.6) is 5.75 Å². The third-order valence-corrected chi connectivity index (χ3v) is 3.02. The molecule has 0 aliphatic heterocycles. The largest absolute Gasteiger partial charge is 0.508 e. The van der Waals surface area contributed by atoms with E-state index in [2.05, 4.69) is 10.5 Å². The zero-order valence-electron chi connectivity index (χ0n) is 11.4. The molecule has 2 rings (SSSR count). The van der Waals surface area contributed by atoms with Crippen LogP contribution in [-0.2, 0) is 0 Å². The van der Waals surface area contributed by atoms with Crippen LogP contribution in [0.1, 0.15) is 21.5 Å². The van der Waals surface area contributed by atoms with E-state index in [0.29, 0.717) is 22.4 Å². The van der Waals surface area contributed by atoms with Crippen LogP contribution in [0, 0.1) is 6.92 Å². The normalized spacial score (nSPS) is 11.2. The first-order valence-corrected chi connectivity index (χ1v) is 6.21. The third-order valence-electron chi connectivity index (χ3n) is 3.02. The van der Waals surface area contributed by atoms with E-state index in [-0.39, 0.29) is 17.5 Å². The Morgan fingerprint density at radius 2 is 1.95 bits per heavy atom. The maximum atomic E-state index is 12.2. The van der Waals surface area contributed by atoms with Crippen LogP contribution in [0.4, 0.5) is 5.69 Å². The topological polar surface area (TPSA) is 108 Å².